The van der Waals surface area contributed by atoms with Gasteiger partial charge in [0.05, 0.1) is 17.4 Å². The van der Waals surface area contributed by atoms with Crippen LogP contribution in [0.4, 0.5) is 4.79 Å². The number of aliphatic carboxylic acids is 1. The summed E-state index contributed by atoms with van der Waals surface area (Å²) in [6.07, 6.45) is 6.60. The van der Waals surface area contributed by atoms with Crippen LogP contribution in [0.5, 0.6) is 0 Å². The lowest BCUT2D eigenvalue weighted by molar-refractivity contribution is -0.235. The third kappa shape index (κ3) is 7.50. The van der Waals surface area contributed by atoms with E-state index in [1.54, 1.807) is 48.5 Å². The second-order valence-electron chi connectivity index (χ2n) is 24.8. The number of allylic oxidation sites excluding steroid dienone is 1. The van der Waals surface area contributed by atoms with Crippen molar-refractivity contribution < 1.29 is 43.3 Å². The highest BCUT2D eigenvalue weighted by molar-refractivity contribution is 6.03. The number of hydrogen-bond acceptors (Lipinski definition) is 8. The van der Waals surface area contributed by atoms with Gasteiger partial charge >= 0.3 is 18.0 Å². The van der Waals surface area contributed by atoms with Crippen LogP contribution < -0.4 is 16.0 Å². The molecule has 0 bridgehead atoms. The van der Waals surface area contributed by atoms with Crippen LogP contribution in [0.15, 0.2) is 11.1 Å². The Labute approximate surface area is 371 Å². The quantitative estimate of drug-likeness (QED) is 0.165. The van der Waals surface area contributed by atoms with E-state index in [1.165, 1.54) is 0 Å². The number of alkyl carbamates (subject to hydrolysis) is 1. The van der Waals surface area contributed by atoms with Gasteiger partial charge in [-0.2, -0.15) is 0 Å². The fourth-order valence-electron chi connectivity index (χ4n) is 14.4. The number of ether oxygens (including phenoxy) is 2. The summed E-state index contributed by atoms with van der Waals surface area (Å²) in [6.45, 7) is 31.6. The van der Waals surface area contributed by atoms with Crippen LogP contribution in [0.2, 0.25) is 0 Å². The van der Waals surface area contributed by atoms with Gasteiger partial charge in [0.2, 0.25) is 11.8 Å². The zero-order valence-corrected chi connectivity index (χ0v) is 40.8. The molecule has 6 aliphatic rings. The van der Waals surface area contributed by atoms with E-state index in [2.05, 4.69) is 64.4 Å². The number of carbonyl (C=O) groups is 6. The molecule has 0 radical (unpaired) electrons. The monoisotopic (exact) mass is 866 g/mol. The van der Waals surface area contributed by atoms with Crippen molar-refractivity contribution in [3.05, 3.63) is 11.1 Å². The highest BCUT2D eigenvalue weighted by atomic mass is 16.6. The number of rotatable bonds is 9. The number of amides is 3. The van der Waals surface area contributed by atoms with Crippen molar-refractivity contribution in [2.75, 3.05) is 0 Å². The van der Waals surface area contributed by atoms with Crippen LogP contribution in [0.3, 0.4) is 0 Å². The fourth-order valence-corrected chi connectivity index (χ4v) is 14.4. The number of carboxylic acids is 1. The van der Waals surface area contributed by atoms with Gasteiger partial charge in [0, 0.05) is 11.8 Å². The molecule has 62 heavy (non-hydrogen) atoms. The van der Waals surface area contributed by atoms with Gasteiger partial charge in [-0.15, -0.1) is 0 Å². The molecule has 0 aliphatic heterocycles. The average molecular weight is 866 g/mol. The summed E-state index contributed by atoms with van der Waals surface area (Å²) in [5, 5.41) is 18.6. The van der Waals surface area contributed by atoms with Crippen molar-refractivity contribution in [2.24, 2.45) is 62.6 Å². The third-order valence-electron chi connectivity index (χ3n) is 18.2. The molecular weight excluding hydrogens is 787 g/mol. The first-order chi connectivity index (χ1) is 28.1. The van der Waals surface area contributed by atoms with Crippen LogP contribution >= 0.6 is 0 Å². The largest absolute Gasteiger partial charge is 0.481 e. The van der Waals surface area contributed by atoms with Gasteiger partial charge in [-0.1, -0.05) is 62.3 Å². The Balaban J connectivity index is 1.23. The Bertz CT molecular complexity index is 1940. The molecule has 0 unspecified atom stereocenters. The minimum atomic E-state index is -1.38. The van der Waals surface area contributed by atoms with E-state index in [-0.39, 0.29) is 63.7 Å². The Morgan fingerprint density at radius 1 is 0.710 bits per heavy atom. The number of Topliss-reactive ketones (excluding diaryl/α,β-unsaturated/α-hetero) is 1. The summed E-state index contributed by atoms with van der Waals surface area (Å²) in [7, 11) is 0. The van der Waals surface area contributed by atoms with E-state index in [0.29, 0.717) is 24.7 Å². The number of hydrogen-bond donors (Lipinski definition) is 4. The maximum absolute atomic E-state index is 14.5. The Kier molecular flexibility index (Phi) is 11.7. The second-order valence-corrected chi connectivity index (χ2v) is 24.8. The first-order valence-corrected chi connectivity index (χ1v) is 23.5. The summed E-state index contributed by atoms with van der Waals surface area (Å²) >= 11 is 0. The first-order valence-electron chi connectivity index (χ1n) is 23.5. The lowest BCUT2D eigenvalue weighted by Crippen LogP contribution is -2.69. The zero-order valence-electron chi connectivity index (χ0n) is 40.8. The first kappa shape index (κ1) is 48.0. The van der Waals surface area contributed by atoms with E-state index in [0.717, 1.165) is 56.1 Å². The number of carbonyl (C=O) groups excluding carboxylic acids is 5. The molecule has 3 amide bonds. The normalized spacial score (nSPS) is 37.4. The molecule has 0 spiro atoms. The number of carboxylic acid groups (broad SMARTS) is 1. The van der Waals surface area contributed by atoms with Gasteiger partial charge in [-0.25, -0.2) is 4.79 Å². The van der Waals surface area contributed by atoms with Crippen LogP contribution in [-0.2, 0) is 33.4 Å². The molecule has 0 saturated heterocycles. The summed E-state index contributed by atoms with van der Waals surface area (Å²) in [5.41, 5.74) is -3.55. The third-order valence-corrected chi connectivity index (χ3v) is 18.2. The second kappa shape index (κ2) is 15.1. The van der Waals surface area contributed by atoms with E-state index < -0.39 is 57.4 Å². The molecule has 348 valence electrons. The van der Waals surface area contributed by atoms with Gasteiger partial charge in [0.1, 0.15) is 22.8 Å². The maximum Gasteiger partial charge on any atom is 0.408 e. The van der Waals surface area contributed by atoms with E-state index in [4.69, 9.17) is 9.47 Å². The van der Waals surface area contributed by atoms with Crippen LogP contribution in [0.25, 0.3) is 0 Å². The molecular formula is C50H79N3O9. The van der Waals surface area contributed by atoms with Crippen molar-refractivity contribution in [1.82, 2.24) is 16.0 Å². The molecule has 0 aromatic heterocycles. The standard InChI is InChI=1S/C50H79N3O9/c1-27(2)35-31(54)26-50(52-40(59)45(10,11)51-39(58)46(12,13)53-41(60)62-42(3,4)5)24-23-48(15)28(36(35)50)17-18-33-47(14)21-20-34(44(8,9)32(47)19-22-49(33,48)16)61-38(57)30-25-29(37(55)56)43(30,6)7/h27-30,32-34H,17-26H2,1-16H3,(H,51,58)(H,52,59)(H,53,60)(H,55,56)/t28-,29+,30-,32+,33-,34+,47+,48-,49-,50-/m1/s1. The van der Waals surface area contributed by atoms with Crippen molar-refractivity contribution in [3.8, 4) is 0 Å². The lowest BCUT2D eigenvalue weighted by atomic mass is 9.33. The molecule has 10 atom stereocenters. The molecule has 4 N–H and O–H groups in total. The zero-order chi connectivity index (χ0) is 46.8. The van der Waals surface area contributed by atoms with Crippen LogP contribution in [0, 0.1) is 62.6 Å². The molecule has 0 aromatic carbocycles. The highest BCUT2D eigenvalue weighted by Gasteiger charge is 2.71. The predicted octanol–water partition coefficient (Wildman–Crippen LogP) is 8.69. The maximum atomic E-state index is 14.5. The summed E-state index contributed by atoms with van der Waals surface area (Å²) in [6, 6.07) is 0. The highest BCUT2D eigenvalue weighted by Crippen LogP contribution is 2.76. The Hall–Kier alpha value is -3.44. The van der Waals surface area contributed by atoms with E-state index >= 15 is 0 Å². The van der Waals surface area contributed by atoms with Gasteiger partial charge in [0.15, 0.2) is 5.78 Å². The predicted molar refractivity (Wildman–Crippen MR) is 236 cm³/mol. The van der Waals surface area contributed by atoms with Crippen molar-refractivity contribution >= 4 is 35.6 Å². The van der Waals surface area contributed by atoms with Crippen molar-refractivity contribution in [3.63, 3.8) is 0 Å². The van der Waals surface area contributed by atoms with Gasteiger partial charge < -0.3 is 30.5 Å². The molecule has 5 saturated carbocycles. The molecule has 0 heterocycles. The number of fused-ring (bicyclic) bond motifs is 7. The Morgan fingerprint density at radius 2 is 1.32 bits per heavy atom. The summed E-state index contributed by atoms with van der Waals surface area (Å²) in [5.74, 6) is -2.12. The van der Waals surface area contributed by atoms with Gasteiger partial charge in [-0.3, -0.25) is 24.0 Å². The minimum absolute atomic E-state index is 0.00458. The smallest absolute Gasteiger partial charge is 0.408 e. The lowest BCUT2D eigenvalue weighted by Gasteiger charge is -2.72. The minimum Gasteiger partial charge on any atom is -0.481 e. The number of ketones is 1. The van der Waals surface area contributed by atoms with E-state index in [1.807, 2.05) is 13.8 Å². The van der Waals surface area contributed by atoms with Crippen molar-refractivity contribution in [1.29, 1.82) is 0 Å². The molecule has 12 nitrogen and oxygen atoms in total. The number of nitrogens with one attached hydrogen (secondary N) is 3. The topological polar surface area (TPSA) is 177 Å². The molecule has 12 heteroatoms. The number of esters is 1. The van der Waals surface area contributed by atoms with Crippen LogP contribution in [-0.4, -0.2) is 69.1 Å². The molecule has 5 fully saturated rings. The SMILES string of the molecule is CC(C)C1=C2[C@H]3CC[C@@H]4[C@@]5(C)CC[C@H](OC(=O)[C@H]6C[C@@H](C(=O)O)C6(C)C)C(C)(C)[C@@H]5CC[C@@]4(C)[C@]3(C)CC[C@@]2(NC(=O)C(C)(C)NC(=O)C(C)(C)NC(=O)OC(C)(C)C)CC1=O. The van der Waals surface area contributed by atoms with Gasteiger partial charge in [0.25, 0.3) is 0 Å². The van der Waals surface area contributed by atoms with Crippen molar-refractivity contribution in [2.45, 2.75) is 203 Å². The fraction of sp³-hybridized carbons (Fsp3) is 0.840. The van der Waals surface area contributed by atoms with E-state index in [9.17, 15) is 33.9 Å². The van der Waals surface area contributed by atoms with Crippen LogP contribution in [0.1, 0.15) is 175 Å². The molecule has 6 rings (SSSR count). The average Bonchev–Trinajstić information content (AvgIpc) is 3.39. The summed E-state index contributed by atoms with van der Waals surface area (Å²) in [4.78, 5) is 80.5. The molecule has 6 aliphatic carbocycles. The van der Waals surface area contributed by atoms with Gasteiger partial charge in [-0.05, 0) is 163 Å². The Morgan fingerprint density at radius 3 is 1.89 bits per heavy atom. The summed E-state index contributed by atoms with van der Waals surface area (Å²) < 4.78 is 11.8. The molecule has 0 aromatic rings.